The molecule has 1 saturated heterocycles. The van der Waals surface area contributed by atoms with E-state index >= 15 is 0 Å². The van der Waals surface area contributed by atoms with Gasteiger partial charge in [-0.3, -0.25) is 14.4 Å². The number of carbonyl (C=O) groups is 3. The molecule has 25 heavy (non-hydrogen) atoms. The maximum Gasteiger partial charge on any atom is 0.242 e. The van der Waals surface area contributed by atoms with E-state index in [1.165, 1.54) is 6.92 Å². The Bertz CT molecular complexity index is 649. The van der Waals surface area contributed by atoms with E-state index in [1.54, 1.807) is 14.7 Å². The second-order valence-corrected chi connectivity index (χ2v) is 6.79. The van der Waals surface area contributed by atoms with E-state index in [1.807, 2.05) is 25.1 Å². The number of rotatable bonds is 5. The van der Waals surface area contributed by atoms with Gasteiger partial charge in [-0.2, -0.15) is 0 Å². The Labute approximate surface area is 149 Å². The highest BCUT2D eigenvalue weighted by molar-refractivity contribution is 5.98. The molecule has 1 aromatic carbocycles. The first-order valence-corrected chi connectivity index (χ1v) is 8.70. The van der Waals surface area contributed by atoms with Crippen LogP contribution in [0.5, 0.6) is 0 Å². The van der Waals surface area contributed by atoms with E-state index in [9.17, 15) is 14.4 Å². The third kappa shape index (κ3) is 4.38. The largest absolute Gasteiger partial charge is 0.342 e. The van der Waals surface area contributed by atoms with Crippen LogP contribution < -0.4 is 4.90 Å². The van der Waals surface area contributed by atoms with Crippen molar-refractivity contribution < 1.29 is 14.4 Å². The molecule has 0 spiro atoms. The van der Waals surface area contributed by atoms with Crippen molar-refractivity contribution >= 4 is 23.9 Å². The number of carbonyl (C=O) groups excluding carboxylic acids is 3. The Morgan fingerprint density at radius 2 is 1.84 bits per heavy atom. The number of para-hydroxylation sites is 1. The predicted octanol–water partition coefficient (Wildman–Crippen LogP) is 1.77. The van der Waals surface area contributed by atoms with Gasteiger partial charge >= 0.3 is 0 Å². The monoisotopic (exact) mass is 345 g/mol. The van der Waals surface area contributed by atoms with Crippen molar-refractivity contribution in [2.24, 2.45) is 0 Å². The topological polar surface area (TPSA) is 60.9 Å². The lowest BCUT2D eigenvalue weighted by atomic mass is 9.97. The molecule has 1 aliphatic heterocycles. The highest BCUT2D eigenvalue weighted by Crippen LogP contribution is 2.31. The lowest BCUT2D eigenvalue weighted by Gasteiger charge is -2.34. The highest BCUT2D eigenvalue weighted by atomic mass is 16.2. The number of piperazine rings is 1. The number of hydrogen-bond acceptors (Lipinski definition) is 3. The van der Waals surface area contributed by atoms with Gasteiger partial charge in [0.05, 0.1) is 5.69 Å². The molecule has 1 aromatic rings. The van der Waals surface area contributed by atoms with Gasteiger partial charge in [0.25, 0.3) is 0 Å². The Morgan fingerprint density at radius 3 is 2.36 bits per heavy atom. The maximum absolute atomic E-state index is 12.7. The number of benzene rings is 1. The first kappa shape index (κ1) is 19.0. The number of hydrogen-bond donors (Lipinski definition) is 0. The molecule has 6 nitrogen and oxygen atoms in total. The summed E-state index contributed by atoms with van der Waals surface area (Å²) < 4.78 is 0. The van der Waals surface area contributed by atoms with Crippen LogP contribution in [0.4, 0.5) is 5.69 Å². The van der Waals surface area contributed by atoms with Gasteiger partial charge in [-0.1, -0.05) is 32.0 Å². The zero-order valence-corrected chi connectivity index (χ0v) is 15.5. The SMILES string of the molecule is CC(=O)N(CC(=O)N1CCN(C=O)CC1)c1c(C)cccc1C(C)C. The third-order valence-corrected chi connectivity index (χ3v) is 4.65. The van der Waals surface area contributed by atoms with Crippen molar-refractivity contribution in [1.82, 2.24) is 9.80 Å². The number of anilines is 1. The summed E-state index contributed by atoms with van der Waals surface area (Å²) in [6.07, 6.45) is 0.811. The molecule has 0 bridgehead atoms. The summed E-state index contributed by atoms with van der Waals surface area (Å²) in [7, 11) is 0. The quantitative estimate of drug-likeness (QED) is 0.764. The van der Waals surface area contributed by atoms with Crippen LogP contribution in [-0.2, 0) is 14.4 Å². The van der Waals surface area contributed by atoms with Gasteiger partial charge in [-0.15, -0.1) is 0 Å². The smallest absolute Gasteiger partial charge is 0.242 e. The van der Waals surface area contributed by atoms with Crippen LogP contribution in [0.1, 0.15) is 37.8 Å². The van der Waals surface area contributed by atoms with Crippen molar-refractivity contribution in [3.8, 4) is 0 Å². The van der Waals surface area contributed by atoms with E-state index in [-0.39, 0.29) is 24.3 Å². The van der Waals surface area contributed by atoms with Gasteiger partial charge in [0.1, 0.15) is 6.54 Å². The van der Waals surface area contributed by atoms with Crippen LogP contribution >= 0.6 is 0 Å². The third-order valence-electron chi connectivity index (χ3n) is 4.65. The molecular formula is C19H27N3O3. The normalized spacial score (nSPS) is 14.6. The summed E-state index contributed by atoms with van der Waals surface area (Å²) >= 11 is 0. The number of amides is 3. The van der Waals surface area contributed by atoms with E-state index in [4.69, 9.17) is 0 Å². The molecular weight excluding hydrogens is 318 g/mol. The summed E-state index contributed by atoms with van der Waals surface area (Å²) in [5, 5.41) is 0. The van der Waals surface area contributed by atoms with E-state index in [0.717, 1.165) is 23.2 Å². The lowest BCUT2D eigenvalue weighted by molar-refractivity contribution is -0.134. The van der Waals surface area contributed by atoms with Crippen LogP contribution in [0.25, 0.3) is 0 Å². The number of aryl methyl sites for hydroxylation is 1. The van der Waals surface area contributed by atoms with Crippen LogP contribution in [0, 0.1) is 6.92 Å². The van der Waals surface area contributed by atoms with Crippen LogP contribution in [0.3, 0.4) is 0 Å². The Morgan fingerprint density at radius 1 is 1.20 bits per heavy atom. The minimum Gasteiger partial charge on any atom is -0.342 e. The first-order valence-electron chi connectivity index (χ1n) is 8.70. The van der Waals surface area contributed by atoms with Gasteiger partial charge in [0.2, 0.25) is 18.2 Å². The van der Waals surface area contributed by atoms with Crippen molar-refractivity contribution in [3.63, 3.8) is 0 Å². The zero-order valence-electron chi connectivity index (χ0n) is 15.5. The molecule has 0 N–H and O–H groups in total. The van der Waals surface area contributed by atoms with Gasteiger partial charge in [-0.25, -0.2) is 0 Å². The fourth-order valence-corrected chi connectivity index (χ4v) is 3.18. The summed E-state index contributed by atoms with van der Waals surface area (Å²) in [4.78, 5) is 40.7. The first-order chi connectivity index (χ1) is 11.8. The van der Waals surface area contributed by atoms with Gasteiger partial charge in [-0.05, 0) is 24.0 Å². The van der Waals surface area contributed by atoms with Crippen molar-refractivity contribution in [1.29, 1.82) is 0 Å². The molecule has 0 saturated carbocycles. The molecule has 0 unspecified atom stereocenters. The zero-order chi connectivity index (χ0) is 18.6. The van der Waals surface area contributed by atoms with Crippen LogP contribution in [0.15, 0.2) is 18.2 Å². The van der Waals surface area contributed by atoms with E-state index < -0.39 is 0 Å². The lowest BCUT2D eigenvalue weighted by Crippen LogP contribution is -2.51. The molecule has 0 aliphatic carbocycles. The predicted molar refractivity (Wildman–Crippen MR) is 97.5 cm³/mol. The highest BCUT2D eigenvalue weighted by Gasteiger charge is 2.26. The summed E-state index contributed by atoms with van der Waals surface area (Å²) in [5.41, 5.74) is 2.89. The molecule has 1 aliphatic rings. The molecule has 2 rings (SSSR count). The summed E-state index contributed by atoms with van der Waals surface area (Å²) in [6, 6.07) is 5.95. The number of nitrogens with zero attached hydrogens (tertiary/aromatic N) is 3. The standard InChI is InChI=1S/C19H27N3O3/c1-14(2)17-7-5-6-15(3)19(17)22(16(4)24)12-18(25)21-10-8-20(13-23)9-11-21/h5-7,13-14H,8-12H2,1-4H3. The van der Waals surface area contributed by atoms with E-state index in [2.05, 4.69) is 13.8 Å². The van der Waals surface area contributed by atoms with Crippen LogP contribution in [-0.4, -0.2) is 60.7 Å². The molecule has 136 valence electrons. The molecule has 3 amide bonds. The van der Waals surface area contributed by atoms with Gasteiger partial charge in [0, 0.05) is 33.1 Å². The summed E-state index contributed by atoms with van der Waals surface area (Å²) in [5.74, 6) is 0.0257. The Balaban J connectivity index is 2.21. The molecule has 1 heterocycles. The van der Waals surface area contributed by atoms with Crippen molar-refractivity contribution in [2.45, 2.75) is 33.6 Å². The summed E-state index contributed by atoms with van der Waals surface area (Å²) in [6.45, 7) is 9.74. The van der Waals surface area contributed by atoms with Gasteiger partial charge < -0.3 is 14.7 Å². The fourth-order valence-electron chi connectivity index (χ4n) is 3.18. The molecule has 0 atom stereocenters. The van der Waals surface area contributed by atoms with Gasteiger partial charge in [0.15, 0.2) is 0 Å². The minimum atomic E-state index is -0.143. The average Bonchev–Trinajstić information content (AvgIpc) is 2.59. The average molecular weight is 345 g/mol. The van der Waals surface area contributed by atoms with Crippen LogP contribution in [0.2, 0.25) is 0 Å². The molecule has 0 radical (unpaired) electrons. The Hall–Kier alpha value is -2.37. The maximum atomic E-state index is 12.7. The fraction of sp³-hybridized carbons (Fsp3) is 0.526. The second-order valence-electron chi connectivity index (χ2n) is 6.79. The molecule has 0 aromatic heterocycles. The second kappa shape index (κ2) is 8.14. The Kier molecular flexibility index (Phi) is 6.17. The molecule has 1 fully saturated rings. The van der Waals surface area contributed by atoms with Crippen molar-refractivity contribution in [2.75, 3.05) is 37.6 Å². The minimum absolute atomic E-state index is 0.0288. The van der Waals surface area contributed by atoms with E-state index in [0.29, 0.717) is 26.2 Å². The molecule has 6 heteroatoms. The van der Waals surface area contributed by atoms with Crippen molar-refractivity contribution in [3.05, 3.63) is 29.3 Å².